The van der Waals surface area contributed by atoms with Gasteiger partial charge in [0.25, 0.3) is 0 Å². The van der Waals surface area contributed by atoms with Crippen molar-refractivity contribution in [1.82, 2.24) is 5.32 Å². The lowest BCUT2D eigenvalue weighted by molar-refractivity contribution is -0.121. The van der Waals surface area contributed by atoms with Crippen LogP contribution in [0.3, 0.4) is 0 Å². The zero-order valence-electron chi connectivity index (χ0n) is 11.5. The number of nitrogens with one attached hydrogen (secondary N) is 1. The number of carbonyl (C=O) groups is 1. The van der Waals surface area contributed by atoms with Crippen molar-refractivity contribution < 1.29 is 9.53 Å². The van der Waals surface area contributed by atoms with Gasteiger partial charge < -0.3 is 10.1 Å². The molecule has 0 amide bonds. The summed E-state index contributed by atoms with van der Waals surface area (Å²) in [6, 6.07) is 3.78. The second kappa shape index (κ2) is 6.40. The Morgan fingerprint density at radius 3 is 3.05 bits per heavy atom. The van der Waals surface area contributed by atoms with Crippen molar-refractivity contribution in [2.75, 3.05) is 19.7 Å². The van der Waals surface area contributed by atoms with Gasteiger partial charge in [0.1, 0.15) is 11.5 Å². The topological polar surface area (TPSA) is 38.3 Å². The van der Waals surface area contributed by atoms with Crippen molar-refractivity contribution in [2.24, 2.45) is 5.92 Å². The Balaban J connectivity index is 2.09. The fraction of sp³-hybridized carbons (Fsp3) is 0.533. The molecule has 1 heterocycles. The smallest absolute Gasteiger partial charge is 0.141 e. The number of halogens is 1. The number of rotatable bonds is 6. The average Bonchev–Trinajstić information content (AvgIpc) is 2.83. The lowest BCUT2D eigenvalue weighted by atomic mass is 9.97. The van der Waals surface area contributed by atoms with Crippen LogP contribution in [0, 0.1) is 5.92 Å². The lowest BCUT2D eigenvalue weighted by Crippen LogP contribution is -2.27. The van der Waals surface area contributed by atoms with Gasteiger partial charge in [0.15, 0.2) is 0 Å². The molecule has 0 bridgehead atoms. The maximum atomic E-state index is 12.2. The summed E-state index contributed by atoms with van der Waals surface area (Å²) in [6.45, 7) is 6.28. The van der Waals surface area contributed by atoms with E-state index in [1.54, 1.807) is 0 Å². The number of fused-ring (bicyclic) bond motifs is 1. The van der Waals surface area contributed by atoms with Crippen LogP contribution in [0.15, 0.2) is 12.1 Å². The van der Waals surface area contributed by atoms with Gasteiger partial charge in [-0.1, -0.05) is 25.4 Å². The van der Waals surface area contributed by atoms with Gasteiger partial charge in [-0.05, 0) is 24.2 Å². The third kappa shape index (κ3) is 3.48. The zero-order valence-corrected chi connectivity index (χ0v) is 12.2. The molecule has 0 radical (unpaired) electrons. The van der Waals surface area contributed by atoms with Crippen LogP contribution in [-0.2, 0) is 17.6 Å². The molecule has 104 valence electrons. The SMILES string of the molecule is CCNCC(C)C(=O)Cc1cc(Cl)cc2c1OCC2. The summed E-state index contributed by atoms with van der Waals surface area (Å²) in [5.74, 6) is 1.10. The number of Topliss-reactive ketones (excluding diaryl/α,β-unsaturated/α-hetero) is 1. The molecule has 19 heavy (non-hydrogen) atoms. The molecule has 0 spiro atoms. The molecule has 0 saturated heterocycles. The maximum absolute atomic E-state index is 12.2. The lowest BCUT2D eigenvalue weighted by Gasteiger charge is -2.13. The van der Waals surface area contributed by atoms with Crippen LogP contribution in [0.25, 0.3) is 0 Å². The third-order valence-corrected chi connectivity index (χ3v) is 3.66. The second-order valence-corrected chi connectivity index (χ2v) is 5.44. The minimum absolute atomic E-state index is 0.0102. The normalized spacial score (nSPS) is 14.9. The Bertz CT molecular complexity index is 473. The van der Waals surface area contributed by atoms with Gasteiger partial charge in [-0.3, -0.25) is 4.79 Å². The molecule has 0 aliphatic carbocycles. The molecule has 1 aromatic rings. The quantitative estimate of drug-likeness (QED) is 0.871. The molecule has 4 heteroatoms. The van der Waals surface area contributed by atoms with Crippen LogP contribution in [0.1, 0.15) is 25.0 Å². The van der Waals surface area contributed by atoms with Gasteiger partial charge in [0.2, 0.25) is 0 Å². The van der Waals surface area contributed by atoms with Gasteiger partial charge >= 0.3 is 0 Å². The van der Waals surface area contributed by atoms with Crippen LogP contribution in [-0.4, -0.2) is 25.5 Å². The summed E-state index contributed by atoms with van der Waals surface area (Å²) in [7, 11) is 0. The van der Waals surface area contributed by atoms with E-state index in [-0.39, 0.29) is 11.7 Å². The van der Waals surface area contributed by atoms with Gasteiger partial charge in [-0.25, -0.2) is 0 Å². The number of hydrogen-bond donors (Lipinski definition) is 1. The van der Waals surface area contributed by atoms with Gasteiger partial charge in [0, 0.05) is 35.9 Å². The maximum Gasteiger partial charge on any atom is 0.141 e. The van der Waals surface area contributed by atoms with Crippen molar-refractivity contribution in [3.05, 3.63) is 28.3 Å². The molecule has 1 aliphatic heterocycles. The monoisotopic (exact) mass is 281 g/mol. The number of carbonyl (C=O) groups excluding carboxylic acids is 1. The highest BCUT2D eigenvalue weighted by molar-refractivity contribution is 6.30. The Kier molecular flexibility index (Phi) is 4.83. The molecule has 3 nitrogen and oxygen atoms in total. The Morgan fingerprint density at radius 1 is 1.53 bits per heavy atom. The van der Waals surface area contributed by atoms with Crippen molar-refractivity contribution in [1.29, 1.82) is 0 Å². The largest absolute Gasteiger partial charge is 0.493 e. The molecule has 1 unspecified atom stereocenters. The predicted octanol–water partition coefficient (Wildman–Crippen LogP) is 2.63. The Labute approximate surface area is 119 Å². The minimum Gasteiger partial charge on any atom is -0.493 e. The van der Waals surface area contributed by atoms with E-state index < -0.39 is 0 Å². The van der Waals surface area contributed by atoms with Gasteiger partial charge in [-0.2, -0.15) is 0 Å². The summed E-state index contributed by atoms with van der Waals surface area (Å²) in [5, 5.41) is 3.89. The second-order valence-electron chi connectivity index (χ2n) is 5.00. The van der Waals surface area contributed by atoms with Crippen LogP contribution in [0.5, 0.6) is 5.75 Å². The average molecular weight is 282 g/mol. The van der Waals surface area contributed by atoms with E-state index in [4.69, 9.17) is 16.3 Å². The molecule has 1 atom stereocenters. The molecule has 0 aromatic heterocycles. The molecule has 1 N–H and O–H groups in total. The fourth-order valence-electron chi connectivity index (χ4n) is 2.31. The van der Waals surface area contributed by atoms with Crippen LogP contribution < -0.4 is 10.1 Å². The van der Waals surface area contributed by atoms with E-state index in [1.165, 1.54) is 0 Å². The van der Waals surface area contributed by atoms with E-state index in [2.05, 4.69) is 5.32 Å². The highest BCUT2D eigenvalue weighted by Gasteiger charge is 2.21. The van der Waals surface area contributed by atoms with Gasteiger partial charge in [0.05, 0.1) is 6.61 Å². The molecule has 1 aromatic carbocycles. The van der Waals surface area contributed by atoms with Gasteiger partial charge in [-0.15, -0.1) is 0 Å². The molecular weight excluding hydrogens is 262 g/mol. The van der Waals surface area contributed by atoms with Crippen molar-refractivity contribution in [3.63, 3.8) is 0 Å². The van der Waals surface area contributed by atoms with Crippen molar-refractivity contribution >= 4 is 17.4 Å². The van der Waals surface area contributed by atoms with Crippen LogP contribution >= 0.6 is 11.6 Å². The van der Waals surface area contributed by atoms with Crippen molar-refractivity contribution in [3.8, 4) is 5.75 Å². The summed E-state index contributed by atoms with van der Waals surface area (Å²) < 4.78 is 5.62. The zero-order chi connectivity index (χ0) is 13.8. The van der Waals surface area contributed by atoms with E-state index in [9.17, 15) is 4.79 Å². The Hall–Kier alpha value is -1.06. The van der Waals surface area contributed by atoms with E-state index in [1.807, 2.05) is 26.0 Å². The molecule has 2 rings (SSSR count). The summed E-state index contributed by atoms with van der Waals surface area (Å²) in [4.78, 5) is 12.2. The van der Waals surface area contributed by atoms with Crippen LogP contribution in [0.4, 0.5) is 0 Å². The van der Waals surface area contributed by atoms with E-state index >= 15 is 0 Å². The first-order valence-corrected chi connectivity index (χ1v) is 7.17. The standard InChI is InChI=1S/C15H20ClNO2/c1-3-17-9-10(2)14(18)8-12-7-13(16)6-11-4-5-19-15(11)12/h6-7,10,17H,3-5,8-9H2,1-2H3. The number of ketones is 1. The number of ether oxygens (including phenoxy) is 1. The summed E-state index contributed by atoms with van der Waals surface area (Å²) >= 11 is 6.10. The predicted molar refractivity (Wildman–Crippen MR) is 77.1 cm³/mol. The number of hydrogen-bond acceptors (Lipinski definition) is 3. The third-order valence-electron chi connectivity index (χ3n) is 3.44. The van der Waals surface area contributed by atoms with E-state index in [0.29, 0.717) is 18.1 Å². The molecule has 0 saturated carbocycles. The number of benzene rings is 1. The molecule has 1 aliphatic rings. The highest BCUT2D eigenvalue weighted by atomic mass is 35.5. The first kappa shape index (κ1) is 14.4. The van der Waals surface area contributed by atoms with E-state index in [0.717, 1.165) is 36.4 Å². The summed E-state index contributed by atoms with van der Waals surface area (Å²) in [6.07, 6.45) is 1.28. The molecule has 0 fully saturated rings. The van der Waals surface area contributed by atoms with Crippen molar-refractivity contribution in [2.45, 2.75) is 26.7 Å². The van der Waals surface area contributed by atoms with Crippen LogP contribution in [0.2, 0.25) is 5.02 Å². The summed E-state index contributed by atoms with van der Waals surface area (Å²) in [5.41, 5.74) is 2.04. The minimum atomic E-state index is 0.0102. The first-order chi connectivity index (χ1) is 9.11. The fourth-order valence-corrected chi connectivity index (χ4v) is 2.58. The highest BCUT2D eigenvalue weighted by Crippen LogP contribution is 2.33. The Morgan fingerprint density at radius 2 is 2.32 bits per heavy atom. The first-order valence-electron chi connectivity index (χ1n) is 6.79. The molecular formula is C15H20ClNO2.